The lowest BCUT2D eigenvalue weighted by molar-refractivity contribution is 0.304. The second kappa shape index (κ2) is 6.95. The Morgan fingerprint density at radius 2 is 2.33 bits per heavy atom. The number of rotatable bonds is 8. The number of oxime groups is 1. The standard InChI is InChI=1S/C11H21N5O2/c1-11(2,10(12)15-17)5-3-4-6-13-7-9-14-8-18-16-9/h8,13,17H,3-7H2,1-2H3,(H2,12,15). The molecule has 0 amide bonds. The topological polar surface area (TPSA) is 110 Å². The zero-order chi connectivity index (χ0) is 13.4. The summed E-state index contributed by atoms with van der Waals surface area (Å²) in [6.07, 6.45) is 4.21. The van der Waals surface area contributed by atoms with Crippen LogP contribution in [0, 0.1) is 5.41 Å². The second-order valence-electron chi connectivity index (χ2n) is 4.85. The average molecular weight is 255 g/mol. The van der Waals surface area contributed by atoms with Gasteiger partial charge in [-0.2, -0.15) is 4.98 Å². The molecule has 0 saturated heterocycles. The van der Waals surface area contributed by atoms with Crippen LogP contribution in [0.5, 0.6) is 0 Å². The Bertz CT molecular complexity index is 362. The van der Waals surface area contributed by atoms with E-state index in [0.717, 1.165) is 25.8 Å². The number of nitrogens with zero attached hydrogens (tertiary/aromatic N) is 3. The molecule has 7 heteroatoms. The number of nitrogens with one attached hydrogen (secondary N) is 1. The molecular weight excluding hydrogens is 234 g/mol. The molecule has 1 rings (SSSR count). The molecule has 0 fully saturated rings. The lowest BCUT2D eigenvalue weighted by atomic mass is 9.86. The predicted octanol–water partition coefficient (Wildman–Crippen LogP) is 1.10. The summed E-state index contributed by atoms with van der Waals surface area (Å²) in [5.74, 6) is 0.939. The quantitative estimate of drug-likeness (QED) is 0.211. The van der Waals surface area contributed by atoms with Gasteiger partial charge in [-0.15, -0.1) is 0 Å². The highest BCUT2D eigenvalue weighted by atomic mass is 16.5. The SMILES string of the molecule is CC(C)(CCCCNCc1ncon1)C(N)=NO. The van der Waals surface area contributed by atoms with Crippen molar-refractivity contribution in [3.63, 3.8) is 0 Å². The van der Waals surface area contributed by atoms with Crippen molar-refractivity contribution in [2.45, 2.75) is 39.7 Å². The zero-order valence-corrected chi connectivity index (χ0v) is 10.9. The summed E-state index contributed by atoms with van der Waals surface area (Å²) >= 11 is 0. The van der Waals surface area contributed by atoms with E-state index in [1.165, 1.54) is 6.39 Å². The number of hydrogen-bond donors (Lipinski definition) is 3. The number of amidine groups is 1. The van der Waals surface area contributed by atoms with Crippen LogP contribution in [-0.2, 0) is 6.54 Å². The molecule has 102 valence electrons. The van der Waals surface area contributed by atoms with Gasteiger partial charge in [0.25, 0.3) is 0 Å². The van der Waals surface area contributed by atoms with Gasteiger partial charge in [0, 0.05) is 5.41 Å². The van der Waals surface area contributed by atoms with Crippen molar-refractivity contribution < 1.29 is 9.73 Å². The summed E-state index contributed by atoms with van der Waals surface area (Å²) < 4.78 is 4.62. The highest BCUT2D eigenvalue weighted by Gasteiger charge is 2.22. The van der Waals surface area contributed by atoms with Gasteiger partial charge in [-0.05, 0) is 19.4 Å². The molecule has 18 heavy (non-hydrogen) atoms. The first-order valence-electron chi connectivity index (χ1n) is 6.00. The van der Waals surface area contributed by atoms with E-state index in [2.05, 4.69) is 25.1 Å². The molecular formula is C11H21N5O2. The fraction of sp³-hybridized carbons (Fsp3) is 0.727. The molecule has 0 spiro atoms. The molecule has 0 unspecified atom stereocenters. The van der Waals surface area contributed by atoms with E-state index >= 15 is 0 Å². The van der Waals surface area contributed by atoms with Gasteiger partial charge in [0.05, 0.1) is 6.54 Å². The third kappa shape index (κ3) is 4.70. The number of aromatic nitrogens is 2. The van der Waals surface area contributed by atoms with Crippen LogP contribution in [-0.4, -0.2) is 27.7 Å². The van der Waals surface area contributed by atoms with Crippen molar-refractivity contribution in [1.29, 1.82) is 0 Å². The molecule has 1 aromatic rings. The van der Waals surface area contributed by atoms with Crippen LogP contribution in [0.3, 0.4) is 0 Å². The van der Waals surface area contributed by atoms with Crippen molar-refractivity contribution in [2.24, 2.45) is 16.3 Å². The Balaban J connectivity index is 2.08. The molecule has 0 aliphatic rings. The minimum Gasteiger partial charge on any atom is -0.409 e. The maximum absolute atomic E-state index is 8.64. The number of nitrogens with two attached hydrogens (primary N) is 1. The first kappa shape index (κ1) is 14.4. The highest BCUT2D eigenvalue weighted by Crippen LogP contribution is 2.22. The molecule has 1 aromatic heterocycles. The van der Waals surface area contributed by atoms with Crippen LogP contribution >= 0.6 is 0 Å². The van der Waals surface area contributed by atoms with Crippen LogP contribution < -0.4 is 11.1 Å². The maximum Gasteiger partial charge on any atom is 0.213 e. The third-order valence-electron chi connectivity index (χ3n) is 2.90. The van der Waals surface area contributed by atoms with E-state index in [1.807, 2.05) is 13.8 Å². The summed E-state index contributed by atoms with van der Waals surface area (Å²) in [4.78, 5) is 3.91. The van der Waals surface area contributed by atoms with Crippen LogP contribution in [0.4, 0.5) is 0 Å². The molecule has 0 bridgehead atoms. The lowest BCUT2D eigenvalue weighted by Gasteiger charge is -2.22. The molecule has 1 heterocycles. The molecule has 0 aliphatic carbocycles. The lowest BCUT2D eigenvalue weighted by Crippen LogP contribution is -2.32. The minimum absolute atomic E-state index is 0.261. The first-order valence-corrected chi connectivity index (χ1v) is 6.00. The summed E-state index contributed by atoms with van der Waals surface area (Å²) in [6, 6.07) is 0. The Hall–Kier alpha value is -1.63. The van der Waals surface area contributed by atoms with E-state index in [1.54, 1.807) is 0 Å². The smallest absolute Gasteiger partial charge is 0.213 e. The van der Waals surface area contributed by atoms with E-state index in [0.29, 0.717) is 12.4 Å². The molecule has 0 aliphatic heterocycles. The fourth-order valence-corrected chi connectivity index (χ4v) is 1.55. The fourth-order valence-electron chi connectivity index (χ4n) is 1.55. The van der Waals surface area contributed by atoms with Gasteiger partial charge in [0.1, 0.15) is 5.84 Å². The van der Waals surface area contributed by atoms with Crippen molar-refractivity contribution in [2.75, 3.05) is 6.54 Å². The zero-order valence-electron chi connectivity index (χ0n) is 10.9. The second-order valence-corrected chi connectivity index (χ2v) is 4.85. The Morgan fingerprint density at radius 3 is 2.94 bits per heavy atom. The normalized spacial score (nSPS) is 12.9. The van der Waals surface area contributed by atoms with E-state index in [9.17, 15) is 0 Å². The van der Waals surface area contributed by atoms with Gasteiger partial charge in [0.15, 0.2) is 5.82 Å². The van der Waals surface area contributed by atoms with Crippen LogP contribution in [0.25, 0.3) is 0 Å². The van der Waals surface area contributed by atoms with Gasteiger partial charge >= 0.3 is 0 Å². The van der Waals surface area contributed by atoms with Gasteiger partial charge < -0.3 is 20.8 Å². The third-order valence-corrected chi connectivity index (χ3v) is 2.90. The highest BCUT2D eigenvalue weighted by molar-refractivity contribution is 5.85. The van der Waals surface area contributed by atoms with Crippen LogP contribution in [0.15, 0.2) is 16.1 Å². The van der Waals surface area contributed by atoms with Crippen LogP contribution in [0.1, 0.15) is 38.9 Å². The molecule has 7 nitrogen and oxygen atoms in total. The molecule has 0 atom stereocenters. The average Bonchev–Trinajstić information content (AvgIpc) is 2.85. The van der Waals surface area contributed by atoms with Gasteiger partial charge in [-0.3, -0.25) is 0 Å². The summed E-state index contributed by atoms with van der Waals surface area (Å²) in [5, 5.41) is 18.6. The van der Waals surface area contributed by atoms with Crippen molar-refractivity contribution in [3.8, 4) is 0 Å². The summed E-state index contributed by atoms with van der Waals surface area (Å²) in [7, 11) is 0. The van der Waals surface area contributed by atoms with Crippen molar-refractivity contribution in [3.05, 3.63) is 12.2 Å². The maximum atomic E-state index is 8.64. The van der Waals surface area contributed by atoms with E-state index in [4.69, 9.17) is 10.9 Å². The predicted molar refractivity (Wildman–Crippen MR) is 67.0 cm³/mol. The molecule has 0 aromatic carbocycles. The first-order chi connectivity index (χ1) is 8.56. The largest absolute Gasteiger partial charge is 0.409 e. The summed E-state index contributed by atoms with van der Waals surface area (Å²) in [6.45, 7) is 5.42. The van der Waals surface area contributed by atoms with Crippen molar-refractivity contribution >= 4 is 5.84 Å². The van der Waals surface area contributed by atoms with Gasteiger partial charge in [-0.1, -0.05) is 30.6 Å². The van der Waals surface area contributed by atoms with Crippen LogP contribution in [0.2, 0.25) is 0 Å². The number of unbranched alkanes of at least 4 members (excludes halogenated alkanes) is 1. The Morgan fingerprint density at radius 1 is 1.56 bits per heavy atom. The van der Waals surface area contributed by atoms with E-state index in [-0.39, 0.29) is 11.3 Å². The van der Waals surface area contributed by atoms with E-state index < -0.39 is 0 Å². The van der Waals surface area contributed by atoms with Gasteiger partial charge in [0.2, 0.25) is 6.39 Å². The molecule has 4 N–H and O–H groups in total. The molecule has 0 saturated carbocycles. The monoisotopic (exact) mass is 255 g/mol. The molecule has 0 radical (unpaired) electrons. The minimum atomic E-state index is -0.261. The Kier molecular flexibility index (Phi) is 5.57. The van der Waals surface area contributed by atoms with Crippen molar-refractivity contribution in [1.82, 2.24) is 15.5 Å². The Labute approximate surface area is 106 Å². The number of hydrogen-bond acceptors (Lipinski definition) is 6. The van der Waals surface area contributed by atoms with Gasteiger partial charge in [-0.25, -0.2) is 0 Å². The summed E-state index contributed by atoms with van der Waals surface area (Å²) in [5.41, 5.74) is 5.35.